The van der Waals surface area contributed by atoms with Crippen LogP contribution in [0.2, 0.25) is 0 Å². The molecule has 10 nitrogen and oxygen atoms in total. The van der Waals surface area contributed by atoms with Gasteiger partial charge < -0.3 is 14.6 Å². The summed E-state index contributed by atoms with van der Waals surface area (Å²) in [6.45, 7) is -3.11. The number of sulfonamides is 1. The third kappa shape index (κ3) is 5.47. The fourth-order valence-electron chi connectivity index (χ4n) is 4.04. The molecule has 1 saturated heterocycles. The lowest BCUT2D eigenvalue weighted by molar-refractivity contribution is 0.297. The zero-order valence-corrected chi connectivity index (χ0v) is 21.2. The molecule has 11 heteroatoms. The smallest absolute Gasteiger partial charge is 0.277 e. The van der Waals surface area contributed by atoms with Crippen LogP contribution in [-0.4, -0.2) is 65.8 Å². The molecule has 0 aliphatic carbocycles. The Balaban J connectivity index is 1.84. The molecule has 1 aliphatic heterocycles. The Morgan fingerprint density at radius 3 is 2.89 bits per heavy atom. The summed E-state index contributed by atoms with van der Waals surface area (Å²) in [6, 6.07) is 2.65. The summed E-state index contributed by atoms with van der Waals surface area (Å²) in [5.74, 6) is -0.138. The zero-order valence-electron chi connectivity index (χ0n) is 29.4. The van der Waals surface area contributed by atoms with Crippen LogP contribution < -0.4 is 15.0 Å². The topological polar surface area (TPSA) is 122 Å². The molecule has 0 spiro atoms. The number of rotatable bonds is 11. The Morgan fingerprint density at radius 2 is 2.17 bits per heavy atom. The Hall–Kier alpha value is -2.76. The van der Waals surface area contributed by atoms with E-state index in [-0.39, 0.29) is 34.8 Å². The molecule has 1 unspecified atom stereocenters. The summed E-state index contributed by atoms with van der Waals surface area (Å²) in [4.78, 5) is 21.3. The maximum atomic E-state index is 13.5. The summed E-state index contributed by atoms with van der Waals surface area (Å²) in [7, 11) is -1.69. The molecule has 1 fully saturated rings. The van der Waals surface area contributed by atoms with E-state index in [1.165, 1.54) is 13.1 Å². The minimum absolute atomic E-state index is 0.0457. The second-order valence-corrected chi connectivity index (χ2v) is 10.1. The van der Waals surface area contributed by atoms with Gasteiger partial charge in [-0.25, -0.2) is 18.1 Å². The molecule has 1 atom stereocenters. The lowest BCUT2D eigenvalue weighted by Gasteiger charge is -2.19. The molecule has 0 saturated carbocycles. The Labute approximate surface area is 224 Å². The predicted molar refractivity (Wildman–Crippen MR) is 140 cm³/mol. The number of aryl methyl sites for hydroxylation is 2. The van der Waals surface area contributed by atoms with E-state index < -0.39 is 64.7 Å². The minimum atomic E-state index is -4.71. The first-order chi connectivity index (χ1) is 20.6. The number of hydrogen-bond acceptors (Lipinski definition) is 7. The number of likely N-dealkylation sites (tertiary alicyclic amines) is 1. The number of aromatic amines is 1. The number of hydrogen-bond donors (Lipinski definition) is 2. The zero-order chi connectivity index (χ0) is 33.8. The van der Waals surface area contributed by atoms with Gasteiger partial charge in [-0.05, 0) is 63.8 Å². The summed E-state index contributed by atoms with van der Waals surface area (Å²) in [5.41, 5.74) is -1.58. The molecule has 3 heterocycles. The molecule has 1 aliphatic rings. The monoisotopic (exact) mass is 525 g/mol. The van der Waals surface area contributed by atoms with Crippen molar-refractivity contribution in [3.05, 3.63) is 34.2 Å². The second kappa shape index (κ2) is 11.1. The van der Waals surface area contributed by atoms with E-state index in [0.29, 0.717) is 25.8 Å². The van der Waals surface area contributed by atoms with Crippen LogP contribution in [0.15, 0.2) is 27.9 Å². The largest absolute Gasteiger partial charge is 0.493 e. The fraction of sp³-hybridized carbons (Fsp3) is 0.560. The molecular weight excluding hydrogens is 480 g/mol. The van der Waals surface area contributed by atoms with Gasteiger partial charge in [0.2, 0.25) is 10.0 Å². The molecule has 2 N–H and O–H groups in total. The quantitative estimate of drug-likeness (QED) is 0.395. The Bertz CT molecular complexity index is 1740. The van der Waals surface area contributed by atoms with Gasteiger partial charge in [0.1, 0.15) is 17.1 Å². The molecule has 0 bridgehead atoms. The van der Waals surface area contributed by atoms with Gasteiger partial charge >= 0.3 is 0 Å². The van der Waals surface area contributed by atoms with Gasteiger partial charge in [0.15, 0.2) is 5.52 Å². The summed E-state index contributed by atoms with van der Waals surface area (Å²) >= 11 is 0. The predicted octanol–water partition coefficient (Wildman–Crippen LogP) is 2.83. The minimum Gasteiger partial charge on any atom is -0.493 e. The van der Waals surface area contributed by atoms with Crippen molar-refractivity contribution >= 4 is 21.1 Å². The van der Waals surface area contributed by atoms with Crippen molar-refractivity contribution in [1.82, 2.24) is 29.4 Å². The van der Waals surface area contributed by atoms with E-state index in [1.54, 1.807) is 11.9 Å². The van der Waals surface area contributed by atoms with Crippen molar-refractivity contribution in [2.75, 3.05) is 26.7 Å². The first-order valence-corrected chi connectivity index (χ1v) is 13.1. The first kappa shape index (κ1) is 16.9. The normalized spacial score (nSPS) is 22.0. The van der Waals surface area contributed by atoms with Crippen molar-refractivity contribution in [3.63, 3.8) is 0 Å². The molecular formula is C25H36N6O4S. The number of nitrogens with one attached hydrogen (secondary N) is 2. The van der Waals surface area contributed by atoms with Gasteiger partial charge in [-0.1, -0.05) is 20.2 Å². The average molecular weight is 526 g/mol. The highest BCUT2D eigenvalue weighted by Gasteiger charge is 2.23. The second-order valence-electron chi connectivity index (χ2n) is 8.46. The van der Waals surface area contributed by atoms with E-state index in [9.17, 15) is 13.2 Å². The highest BCUT2D eigenvalue weighted by atomic mass is 32.2. The van der Waals surface area contributed by atoms with Crippen LogP contribution in [0.4, 0.5) is 0 Å². The lowest BCUT2D eigenvalue weighted by Crippen LogP contribution is -2.31. The maximum Gasteiger partial charge on any atom is 0.277 e. The number of aromatic nitrogens is 4. The first-order valence-electron chi connectivity index (χ1n) is 16.1. The maximum absolute atomic E-state index is 13.5. The van der Waals surface area contributed by atoms with Crippen molar-refractivity contribution in [1.29, 1.82) is 0 Å². The van der Waals surface area contributed by atoms with E-state index in [1.807, 2.05) is 11.6 Å². The van der Waals surface area contributed by atoms with Crippen LogP contribution in [0.5, 0.6) is 5.75 Å². The molecule has 36 heavy (non-hydrogen) atoms. The third-order valence-electron chi connectivity index (χ3n) is 5.87. The van der Waals surface area contributed by atoms with E-state index >= 15 is 0 Å². The summed E-state index contributed by atoms with van der Waals surface area (Å²) in [6.07, 6.45) is -4.47. The van der Waals surface area contributed by atoms with Crippen molar-refractivity contribution in [2.45, 2.75) is 63.1 Å². The average Bonchev–Trinajstić information content (AvgIpc) is 3.49. The number of benzene rings is 1. The SMILES string of the molecule is [2H]C([2H])([2H])CC([2H])([2H])c1nn(C)c2c(=O)[nH]c(-c3cc(S(=O)(=O)NC([2H])([2H])C([2H])([2H])C4CCCN4C)ccc3OCCC)nc12. The Kier molecular flexibility index (Phi) is 5.21. The molecule has 3 aromatic rings. The molecule has 2 aromatic heterocycles. The fourth-order valence-corrected chi connectivity index (χ4v) is 4.87. The van der Waals surface area contributed by atoms with Crippen LogP contribution in [0.25, 0.3) is 22.4 Å². The van der Waals surface area contributed by atoms with Gasteiger partial charge in [0, 0.05) is 31.9 Å². The van der Waals surface area contributed by atoms with Crippen molar-refractivity contribution < 1.29 is 25.5 Å². The number of H-pyrrole nitrogens is 1. The van der Waals surface area contributed by atoms with E-state index in [4.69, 9.17) is 17.1 Å². The highest BCUT2D eigenvalue weighted by molar-refractivity contribution is 7.89. The molecule has 1 aromatic carbocycles. The Morgan fingerprint density at radius 1 is 1.33 bits per heavy atom. The van der Waals surface area contributed by atoms with E-state index in [0.717, 1.165) is 16.8 Å². The molecule has 0 amide bonds. The number of ether oxygens (including phenoxy) is 1. The highest BCUT2D eigenvalue weighted by Crippen LogP contribution is 2.31. The van der Waals surface area contributed by atoms with Crippen molar-refractivity contribution in [2.24, 2.45) is 7.05 Å². The molecule has 4 rings (SSSR count). The third-order valence-corrected chi connectivity index (χ3v) is 7.12. The lowest BCUT2D eigenvalue weighted by atomic mass is 10.1. The molecule has 0 radical (unpaired) electrons. The summed E-state index contributed by atoms with van der Waals surface area (Å²) in [5, 5.41) is 4.06. The molecule has 196 valence electrons. The van der Waals surface area contributed by atoms with Gasteiger partial charge in [0.25, 0.3) is 5.56 Å². The van der Waals surface area contributed by atoms with Gasteiger partial charge in [-0.15, -0.1) is 0 Å². The standard InChI is InChI=1S/C25H36N6O4S/c1-5-8-20-22-23(31(4)29-20)25(32)28-24(27-22)19-16-18(10-11-21(19)35-15-6-2)36(33,34)26-13-12-17-9-7-14-30(17)3/h10-11,16-17,26H,5-9,12-15H2,1-4H3,(H,27,28,32)/i1D3,8D2,12D2,13D2. The van der Waals surface area contributed by atoms with Gasteiger partial charge in [-0.3, -0.25) is 9.48 Å². The number of fused-ring (bicyclic) bond motifs is 1. The van der Waals surface area contributed by atoms with Crippen LogP contribution >= 0.6 is 0 Å². The van der Waals surface area contributed by atoms with Gasteiger partial charge in [-0.2, -0.15) is 5.10 Å². The van der Waals surface area contributed by atoms with Crippen LogP contribution in [-0.2, 0) is 23.4 Å². The van der Waals surface area contributed by atoms with E-state index in [2.05, 4.69) is 15.1 Å². The number of nitrogens with zero attached hydrogens (tertiary/aromatic N) is 4. The summed E-state index contributed by atoms with van der Waals surface area (Å²) < 4.78 is 109. The van der Waals surface area contributed by atoms with Gasteiger partial charge in [0.05, 0.1) is 22.8 Å². The van der Waals surface area contributed by atoms with Crippen LogP contribution in [0, 0.1) is 0 Å². The van der Waals surface area contributed by atoms with Crippen LogP contribution in [0.1, 0.15) is 63.9 Å². The van der Waals surface area contributed by atoms with Crippen molar-refractivity contribution in [3.8, 4) is 17.1 Å². The van der Waals surface area contributed by atoms with Crippen LogP contribution in [0.3, 0.4) is 0 Å².